The molecule has 1 N–H and O–H groups in total. The number of hydrogen-bond acceptors (Lipinski definition) is 4. The molecular formula is C19H18FNO4. The molecule has 3 rings (SSSR count). The van der Waals surface area contributed by atoms with Crippen molar-refractivity contribution in [1.82, 2.24) is 0 Å². The Bertz CT molecular complexity index is 804. The van der Waals surface area contributed by atoms with Gasteiger partial charge in [0.15, 0.2) is 11.9 Å². The van der Waals surface area contributed by atoms with Crippen molar-refractivity contribution in [3.05, 3.63) is 59.4 Å². The molecule has 1 aliphatic rings. The number of hydrogen-bond donors (Lipinski definition) is 1. The van der Waals surface area contributed by atoms with Gasteiger partial charge >= 0.3 is 5.97 Å². The third-order valence-electron chi connectivity index (χ3n) is 4.02. The van der Waals surface area contributed by atoms with E-state index in [1.54, 1.807) is 37.3 Å². The van der Waals surface area contributed by atoms with Crippen LogP contribution in [0, 0.1) is 5.82 Å². The maximum absolute atomic E-state index is 13.1. The molecular weight excluding hydrogens is 325 g/mol. The van der Waals surface area contributed by atoms with Gasteiger partial charge in [-0.05, 0) is 43.2 Å². The fourth-order valence-corrected chi connectivity index (χ4v) is 2.65. The Morgan fingerprint density at radius 1 is 1.28 bits per heavy atom. The second-order valence-corrected chi connectivity index (χ2v) is 5.79. The van der Waals surface area contributed by atoms with E-state index >= 15 is 0 Å². The quantitative estimate of drug-likeness (QED) is 0.857. The van der Waals surface area contributed by atoms with Crippen molar-refractivity contribution in [1.29, 1.82) is 0 Å². The second-order valence-electron chi connectivity index (χ2n) is 5.79. The summed E-state index contributed by atoms with van der Waals surface area (Å²) < 4.78 is 24.2. The smallest absolute Gasteiger partial charge is 0.342 e. The number of rotatable bonds is 4. The van der Waals surface area contributed by atoms with Crippen molar-refractivity contribution in [2.75, 3.05) is 5.32 Å². The number of fused-ring (bicyclic) bond motifs is 1. The van der Waals surface area contributed by atoms with Crippen LogP contribution in [-0.2, 0) is 9.53 Å². The highest BCUT2D eigenvalue weighted by molar-refractivity contribution is 6.02. The monoisotopic (exact) mass is 343 g/mol. The number of carbonyl (C=O) groups excluding carboxylic acids is 2. The lowest BCUT2D eigenvalue weighted by Gasteiger charge is -2.25. The van der Waals surface area contributed by atoms with Gasteiger partial charge in [0.05, 0.1) is 5.69 Å². The van der Waals surface area contributed by atoms with Crippen molar-refractivity contribution in [2.45, 2.75) is 32.5 Å². The van der Waals surface area contributed by atoms with E-state index in [9.17, 15) is 14.0 Å². The number of benzene rings is 2. The van der Waals surface area contributed by atoms with Gasteiger partial charge < -0.3 is 14.8 Å². The van der Waals surface area contributed by atoms with Crippen LogP contribution >= 0.6 is 0 Å². The van der Waals surface area contributed by atoms with Crippen LogP contribution in [0.15, 0.2) is 42.5 Å². The molecule has 1 amide bonds. The summed E-state index contributed by atoms with van der Waals surface area (Å²) in [5.41, 5.74) is 1.39. The van der Waals surface area contributed by atoms with Gasteiger partial charge in [-0.3, -0.25) is 4.79 Å². The lowest BCUT2D eigenvalue weighted by Crippen LogP contribution is -2.35. The SMILES string of the molecule is CC[C@@H](OC(=O)c1cccc2c1O[C@H](C)C(=O)N2)c1ccc(F)cc1. The van der Waals surface area contributed by atoms with E-state index in [0.29, 0.717) is 23.4 Å². The molecule has 0 saturated carbocycles. The number of anilines is 1. The zero-order valence-corrected chi connectivity index (χ0v) is 13.9. The number of nitrogens with one attached hydrogen (secondary N) is 1. The Morgan fingerprint density at radius 2 is 2.00 bits per heavy atom. The molecule has 2 atom stereocenters. The first kappa shape index (κ1) is 17.0. The standard InChI is InChI=1S/C19H18FNO4/c1-3-16(12-7-9-13(20)10-8-12)25-19(23)14-5-4-6-15-17(14)24-11(2)18(22)21-15/h4-11,16H,3H2,1-2H3,(H,21,22)/t11-,16-/m1/s1. The van der Waals surface area contributed by atoms with E-state index in [4.69, 9.17) is 9.47 Å². The summed E-state index contributed by atoms with van der Waals surface area (Å²) in [6.45, 7) is 3.48. The molecule has 0 unspecified atom stereocenters. The van der Waals surface area contributed by atoms with E-state index in [-0.39, 0.29) is 17.3 Å². The van der Waals surface area contributed by atoms with Gasteiger partial charge in [0.2, 0.25) is 0 Å². The number of esters is 1. The van der Waals surface area contributed by atoms with Crippen LogP contribution in [0.4, 0.5) is 10.1 Å². The van der Waals surface area contributed by atoms with E-state index < -0.39 is 18.2 Å². The third kappa shape index (κ3) is 3.47. The molecule has 0 aromatic heterocycles. The molecule has 2 aromatic rings. The molecule has 6 heteroatoms. The van der Waals surface area contributed by atoms with Crippen molar-refractivity contribution >= 4 is 17.6 Å². The number of para-hydroxylation sites is 1. The number of ether oxygens (including phenoxy) is 2. The predicted molar refractivity (Wildman–Crippen MR) is 90.0 cm³/mol. The number of amides is 1. The molecule has 130 valence electrons. The second kappa shape index (κ2) is 6.93. The summed E-state index contributed by atoms with van der Waals surface area (Å²) in [6, 6.07) is 10.7. The van der Waals surface area contributed by atoms with E-state index in [1.165, 1.54) is 12.1 Å². The molecule has 0 spiro atoms. The van der Waals surface area contributed by atoms with Crippen molar-refractivity contribution in [2.24, 2.45) is 0 Å². The first-order chi connectivity index (χ1) is 12.0. The molecule has 0 radical (unpaired) electrons. The fraction of sp³-hybridized carbons (Fsp3) is 0.263. The van der Waals surface area contributed by atoms with Gasteiger partial charge in [0.25, 0.3) is 5.91 Å². The van der Waals surface area contributed by atoms with Gasteiger partial charge in [0, 0.05) is 0 Å². The van der Waals surface area contributed by atoms with Crippen LogP contribution in [0.1, 0.15) is 42.3 Å². The Morgan fingerprint density at radius 3 is 2.68 bits per heavy atom. The molecule has 0 saturated heterocycles. The first-order valence-electron chi connectivity index (χ1n) is 8.06. The highest BCUT2D eigenvalue weighted by Crippen LogP contribution is 2.35. The molecule has 0 bridgehead atoms. The highest BCUT2D eigenvalue weighted by Gasteiger charge is 2.29. The number of halogens is 1. The molecule has 5 nitrogen and oxygen atoms in total. The Balaban J connectivity index is 1.85. The predicted octanol–water partition coefficient (Wildman–Crippen LogP) is 3.85. The first-order valence-corrected chi connectivity index (χ1v) is 8.06. The Hall–Kier alpha value is -2.89. The zero-order chi connectivity index (χ0) is 18.0. The molecule has 1 heterocycles. The van der Waals surface area contributed by atoms with E-state index in [1.807, 2.05) is 6.92 Å². The minimum atomic E-state index is -0.694. The van der Waals surface area contributed by atoms with Gasteiger partial charge in [-0.25, -0.2) is 9.18 Å². The summed E-state index contributed by atoms with van der Waals surface area (Å²) in [5, 5.41) is 2.70. The Labute approximate surface area is 144 Å². The summed E-state index contributed by atoms with van der Waals surface area (Å²) in [7, 11) is 0. The van der Waals surface area contributed by atoms with Crippen molar-refractivity contribution in [3.63, 3.8) is 0 Å². The van der Waals surface area contributed by atoms with Gasteiger partial charge in [-0.1, -0.05) is 25.1 Å². The normalized spacial score (nSPS) is 17.1. The van der Waals surface area contributed by atoms with Gasteiger partial charge in [-0.15, -0.1) is 0 Å². The lowest BCUT2D eigenvalue weighted by molar-refractivity contribution is -0.122. The average molecular weight is 343 g/mol. The highest BCUT2D eigenvalue weighted by atomic mass is 19.1. The van der Waals surface area contributed by atoms with Gasteiger partial charge in [-0.2, -0.15) is 0 Å². The third-order valence-corrected chi connectivity index (χ3v) is 4.02. The number of carbonyl (C=O) groups is 2. The largest absolute Gasteiger partial charge is 0.478 e. The molecule has 25 heavy (non-hydrogen) atoms. The lowest BCUT2D eigenvalue weighted by atomic mass is 10.1. The summed E-state index contributed by atoms with van der Waals surface area (Å²) >= 11 is 0. The maximum atomic E-state index is 13.1. The van der Waals surface area contributed by atoms with Crippen LogP contribution in [0.3, 0.4) is 0 Å². The maximum Gasteiger partial charge on any atom is 0.342 e. The van der Waals surface area contributed by atoms with Crippen LogP contribution in [-0.4, -0.2) is 18.0 Å². The summed E-state index contributed by atoms with van der Waals surface area (Å²) in [6.07, 6.45) is -0.652. The van der Waals surface area contributed by atoms with Gasteiger partial charge in [0.1, 0.15) is 17.5 Å². The van der Waals surface area contributed by atoms with Crippen LogP contribution < -0.4 is 10.1 Å². The minimum Gasteiger partial charge on any atom is -0.478 e. The average Bonchev–Trinajstić information content (AvgIpc) is 2.61. The molecule has 0 aliphatic carbocycles. The minimum absolute atomic E-state index is 0.241. The van der Waals surface area contributed by atoms with Crippen molar-refractivity contribution in [3.8, 4) is 5.75 Å². The van der Waals surface area contributed by atoms with Crippen molar-refractivity contribution < 1.29 is 23.5 Å². The fourth-order valence-electron chi connectivity index (χ4n) is 2.65. The summed E-state index contributed by atoms with van der Waals surface area (Å²) in [4.78, 5) is 24.3. The van der Waals surface area contributed by atoms with E-state index in [2.05, 4.69) is 5.32 Å². The van der Waals surface area contributed by atoms with Crippen LogP contribution in [0.25, 0.3) is 0 Å². The summed E-state index contributed by atoms with van der Waals surface area (Å²) in [5.74, 6) is -0.874. The molecule has 0 fully saturated rings. The Kier molecular flexibility index (Phi) is 4.70. The molecule has 1 aliphatic heterocycles. The van der Waals surface area contributed by atoms with E-state index in [0.717, 1.165) is 0 Å². The topological polar surface area (TPSA) is 64.6 Å². The zero-order valence-electron chi connectivity index (χ0n) is 13.9. The van der Waals surface area contributed by atoms with Crippen LogP contribution in [0.5, 0.6) is 5.75 Å². The van der Waals surface area contributed by atoms with Crippen LogP contribution in [0.2, 0.25) is 0 Å². The molecule has 2 aromatic carbocycles.